The molecule has 0 aliphatic rings. The van der Waals surface area contributed by atoms with Crippen LogP contribution in [0.15, 0.2) is 24.3 Å². The van der Waals surface area contributed by atoms with E-state index in [0.29, 0.717) is 5.92 Å². The number of hydrogen-bond acceptors (Lipinski definition) is 2. The molecule has 114 valence electrons. The van der Waals surface area contributed by atoms with E-state index in [0.717, 1.165) is 31.9 Å². The van der Waals surface area contributed by atoms with Gasteiger partial charge < -0.3 is 15.2 Å². The molecule has 0 aromatic heterocycles. The minimum atomic E-state index is 0.281. The van der Waals surface area contributed by atoms with Crippen molar-refractivity contribution in [1.29, 1.82) is 0 Å². The largest absolute Gasteiger partial charge is 0.494 e. The molecule has 3 nitrogen and oxygen atoms in total. The first-order chi connectivity index (χ1) is 9.74. The van der Waals surface area contributed by atoms with E-state index in [-0.39, 0.29) is 6.61 Å². The van der Waals surface area contributed by atoms with E-state index >= 15 is 0 Å². The van der Waals surface area contributed by atoms with Crippen molar-refractivity contribution >= 4 is 0 Å². The van der Waals surface area contributed by atoms with Crippen LogP contribution in [0.2, 0.25) is 0 Å². The molecule has 0 spiro atoms. The van der Waals surface area contributed by atoms with Gasteiger partial charge in [-0.15, -0.1) is 0 Å². The fourth-order valence-electron chi connectivity index (χ4n) is 2.12. The minimum Gasteiger partial charge on any atom is -0.494 e. The van der Waals surface area contributed by atoms with Crippen LogP contribution in [0.25, 0.3) is 0 Å². The number of benzene rings is 1. The molecule has 3 N–H and O–H groups in total. The summed E-state index contributed by atoms with van der Waals surface area (Å²) in [5, 5.41) is 10.8. The SMILES string of the molecule is CC(C)c1ccc(OCCCCCC[NH2+]CCO)cc1. The molecule has 0 saturated carbocycles. The van der Waals surface area contributed by atoms with Crippen LogP contribution in [0, 0.1) is 0 Å². The van der Waals surface area contributed by atoms with Gasteiger partial charge in [0.2, 0.25) is 0 Å². The monoisotopic (exact) mass is 280 g/mol. The summed E-state index contributed by atoms with van der Waals surface area (Å²) in [6.07, 6.45) is 4.81. The number of nitrogens with two attached hydrogens (primary N) is 1. The summed E-state index contributed by atoms with van der Waals surface area (Å²) in [5.74, 6) is 1.55. The second-order valence-corrected chi connectivity index (χ2v) is 5.58. The normalized spacial score (nSPS) is 11.0. The molecule has 0 unspecified atom stereocenters. The maximum atomic E-state index is 8.65. The highest BCUT2D eigenvalue weighted by atomic mass is 16.5. The highest BCUT2D eigenvalue weighted by Gasteiger charge is 1.99. The number of aliphatic hydroxyl groups is 1. The maximum Gasteiger partial charge on any atom is 0.119 e. The molecule has 0 aliphatic carbocycles. The van der Waals surface area contributed by atoms with Gasteiger partial charge in [-0.1, -0.05) is 26.0 Å². The molecule has 1 aromatic rings. The van der Waals surface area contributed by atoms with Gasteiger partial charge >= 0.3 is 0 Å². The first-order valence-corrected chi connectivity index (χ1v) is 7.89. The van der Waals surface area contributed by atoms with Crippen LogP contribution in [0.5, 0.6) is 5.75 Å². The summed E-state index contributed by atoms with van der Waals surface area (Å²) in [7, 11) is 0. The molecule has 0 fully saturated rings. The lowest BCUT2D eigenvalue weighted by Gasteiger charge is -2.08. The van der Waals surface area contributed by atoms with Crippen molar-refractivity contribution in [2.75, 3.05) is 26.3 Å². The van der Waals surface area contributed by atoms with Gasteiger partial charge in [-0.05, 0) is 49.3 Å². The molecule has 0 saturated heterocycles. The van der Waals surface area contributed by atoms with Gasteiger partial charge in [0.25, 0.3) is 0 Å². The Balaban J connectivity index is 2.01. The molecule has 1 rings (SSSR count). The van der Waals surface area contributed by atoms with Crippen LogP contribution in [0.3, 0.4) is 0 Å². The number of quaternary nitrogens is 1. The average molecular weight is 280 g/mol. The van der Waals surface area contributed by atoms with Gasteiger partial charge in [0.1, 0.15) is 5.75 Å². The Bertz CT molecular complexity index is 335. The van der Waals surface area contributed by atoms with E-state index in [2.05, 4.69) is 43.4 Å². The van der Waals surface area contributed by atoms with E-state index in [1.165, 1.54) is 24.8 Å². The molecule has 20 heavy (non-hydrogen) atoms. The van der Waals surface area contributed by atoms with E-state index in [4.69, 9.17) is 9.84 Å². The molecular formula is C17H30NO2+. The zero-order valence-corrected chi connectivity index (χ0v) is 13.0. The van der Waals surface area contributed by atoms with Crippen molar-refractivity contribution in [2.24, 2.45) is 0 Å². The number of hydrogen-bond donors (Lipinski definition) is 2. The van der Waals surface area contributed by atoms with Gasteiger partial charge in [0.05, 0.1) is 26.3 Å². The molecule has 0 radical (unpaired) electrons. The van der Waals surface area contributed by atoms with E-state index in [1.54, 1.807) is 0 Å². The van der Waals surface area contributed by atoms with Crippen molar-refractivity contribution in [3.63, 3.8) is 0 Å². The summed E-state index contributed by atoms with van der Waals surface area (Å²) in [4.78, 5) is 0. The first-order valence-electron chi connectivity index (χ1n) is 7.89. The fourth-order valence-corrected chi connectivity index (χ4v) is 2.12. The Morgan fingerprint density at radius 3 is 2.35 bits per heavy atom. The lowest BCUT2D eigenvalue weighted by atomic mass is 10.0. The van der Waals surface area contributed by atoms with Crippen molar-refractivity contribution in [3.8, 4) is 5.75 Å². The predicted molar refractivity (Wildman–Crippen MR) is 83.2 cm³/mol. The molecule has 0 bridgehead atoms. The third-order valence-corrected chi connectivity index (χ3v) is 3.45. The zero-order chi connectivity index (χ0) is 14.6. The first kappa shape index (κ1) is 17.0. The smallest absolute Gasteiger partial charge is 0.119 e. The van der Waals surface area contributed by atoms with Crippen molar-refractivity contribution in [2.45, 2.75) is 45.4 Å². The van der Waals surface area contributed by atoms with Gasteiger partial charge in [-0.3, -0.25) is 0 Å². The van der Waals surface area contributed by atoms with Crippen LogP contribution in [-0.4, -0.2) is 31.4 Å². The third kappa shape index (κ3) is 7.51. The third-order valence-electron chi connectivity index (χ3n) is 3.45. The van der Waals surface area contributed by atoms with Crippen LogP contribution >= 0.6 is 0 Å². The highest BCUT2D eigenvalue weighted by Crippen LogP contribution is 2.18. The number of rotatable bonds is 11. The lowest BCUT2D eigenvalue weighted by molar-refractivity contribution is -0.656. The fraction of sp³-hybridized carbons (Fsp3) is 0.647. The topological polar surface area (TPSA) is 46.1 Å². The van der Waals surface area contributed by atoms with Crippen LogP contribution in [0.1, 0.15) is 51.0 Å². The number of aliphatic hydroxyl groups excluding tert-OH is 1. The van der Waals surface area contributed by atoms with Gasteiger partial charge in [-0.2, -0.15) is 0 Å². The van der Waals surface area contributed by atoms with Crippen molar-refractivity contribution in [1.82, 2.24) is 0 Å². The average Bonchev–Trinajstić information content (AvgIpc) is 2.46. The summed E-state index contributed by atoms with van der Waals surface area (Å²) < 4.78 is 5.74. The molecule has 3 heteroatoms. The van der Waals surface area contributed by atoms with E-state index in [1.807, 2.05) is 0 Å². The van der Waals surface area contributed by atoms with Gasteiger partial charge in [0, 0.05) is 0 Å². The Morgan fingerprint density at radius 1 is 1.00 bits per heavy atom. The molecule has 0 aliphatic heterocycles. The Morgan fingerprint density at radius 2 is 1.70 bits per heavy atom. The maximum absolute atomic E-state index is 8.65. The summed E-state index contributed by atoms with van der Waals surface area (Å²) in [5.41, 5.74) is 1.36. The van der Waals surface area contributed by atoms with Crippen molar-refractivity contribution in [3.05, 3.63) is 29.8 Å². The van der Waals surface area contributed by atoms with Crippen LogP contribution in [-0.2, 0) is 0 Å². The van der Waals surface area contributed by atoms with Gasteiger partial charge in [-0.25, -0.2) is 0 Å². The van der Waals surface area contributed by atoms with E-state index in [9.17, 15) is 0 Å². The predicted octanol–water partition coefficient (Wildman–Crippen LogP) is 2.30. The molecule has 0 atom stereocenters. The molecule has 0 heterocycles. The summed E-state index contributed by atoms with van der Waals surface area (Å²) >= 11 is 0. The quantitative estimate of drug-likeness (QED) is 0.611. The van der Waals surface area contributed by atoms with Gasteiger partial charge in [0.15, 0.2) is 0 Å². The number of unbranched alkanes of at least 4 members (excludes halogenated alkanes) is 3. The summed E-state index contributed by atoms with van der Waals surface area (Å²) in [6, 6.07) is 8.44. The van der Waals surface area contributed by atoms with Crippen molar-refractivity contribution < 1.29 is 15.2 Å². The molecular weight excluding hydrogens is 250 g/mol. The lowest BCUT2D eigenvalue weighted by Crippen LogP contribution is -2.85. The zero-order valence-electron chi connectivity index (χ0n) is 13.0. The Hall–Kier alpha value is -1.06. The highest BCUT2D eigenvalue weighted by molar-refractivity contribution is 5.28. The molecule has 0 amide bonds. The Kier molecular flexibility index (Phi) is 9.09. The Labute approximate surface area is 123 Å². The van der Waals surface area contributed by atoms with Crippen LogP contribution in [0.4, 0.5) is 0 Å². The summed E-state index contributed by atoms with van der Waals surface area (Å²) in [6.45, 7) is 7.44. The standard InChI is InChI=1S/C17H29NO2/c1-15(2)16-7-9-17(10-8-16)20-14-6-4-3-5-11-18-12-13-19/h7-10,15,18-19H,3-6,11-14H2,1-2H3/p+1. The van der Waals surface area contributed by atoms with Crippen LogP contribution < -0.4 is 10.1 Å². The number of ether oxygens (including phenoxy) is 1. The second kappa shape index (κ2) is 10.7. The van der Waals surface area contributed by atoms with E-state index < -0.39 is 0 Å². The molecule has 1 aromatic carbocycles. The minimum absolute atomic E-state index is 0.281. The second-order valence-electron chi connectivity index (χ2n) is 5.58.